The topological polar surface area (TPSA) is 52.6 Å². The Labute approximate surface area is 181 Å². The molecule has 0 saturated carbocycles. The van der Waals surface area contributed by atoms with Crippen molar-refractivity contribution in [2.24, 2.45) is 0 Å². The summed E-state index contributed by atoms with van der Waals surface area (Å²) >= 11 is 0. The molecule has 1 atom stereocenters. The first-order valence-electron chi connectivity index (χ1n) is 11.3. The number of benzene rings is 2. The smallest absolute Gasteiger partial charge is 0.323 e. The molecule has 2 aromatic carbocycles. The van der Waals surface area contributed by atoms with Crippen LogP contribution >= 0.6 is 0 Å². The largest absolute Gasteiger partial charge is 0.480 e. The number of carboxylic acid groups (broad SMARTS) is 1. The highest BCUT2D eigenvalue weighted by Crippen LogP contribution is 2.22. The third-order valence-electron chi connectivity index (χ3n) is 6.36. The van der Waals surface area contributed by atoms with E-state index in [-0.39, 0.29) is 0 Å². The summed E-state index contributed by atoms with van der Waals surface area (Å²) in [6, 6.07) is 18.5. The van der Waals surface area contributed by atoms with Crippen LogP contribution in [0.25, 0.3) is 11.1 Å². The van der Waals surface area contributed by atoms with E-state index in [0.717, 1.165) is 31.8 Å². The fraction of sp³-hybridized carbons (Fsp3) is 0.500. The van der Waals surface area contributed by atoms with Gasteiger partial charge >= 0.3 is 5.97 Å². The van der Waals surface area contributed by atoms with Crippen LogP contribution in [0.4, 0.5) is 0 Å². The summed E-state index contributed by atoms with van der Waals surface area (Å²) in [6.07, 6.45) is 5.66. The summed E-state index contributed by atoms with van der Waals surface area (Å²) < 4.78 is 0. The van der Waals surface area contributed by atoms with Gasteiger partial charge in [0.15, 0.2) is 0 Å². The summed E-state index contributed by atoms with van der Waals surface area (Å²) in [6.45, 7) is 8.84. The highest BCUT2D eigenvalue weighted by atomic mass is 16.4. The molecule has 0 spiro atoms. The van der Waals surface area contributed by atoms with E-state index in [2.05, 4.69) is 65.7 Å². The number of carboxylic acids is 1. The number of likely N-dealkylation sites (tertiary alicyclic amines) is 1. The van der Waals surface area contributed by atoms with Crippen LogP contribution in [0.1, 0.15) is 51.2 Å². The lowest BCUT2D eigenvalue weighted by molar-refractivity contribution is -0.143. The number of nitrogens with one attached hydrogen (secondary N) is 1. The molecule has 1 saturated heterocycles. The predicted octanol–water partition coefficient (Wildman–Crippen LogP) is 4.77. The number of nitrogens with zero attached hydrogens (tertiary/aromatic N) is 1. The maximum atomic E-state index is 11.1. The molecule has 1 fully saturated rings. The zero-order valence-corrected chi connectivity index (χ0v) is 18.7. The third-order valence-corrected chi connectivity index (χ3v) is 6.36. The molecule has 1 aliphatic rings. The van der Waals surface area contributed by atoms with Crippen LogP contribution < -0.4 is 5.32 Å². The van der Waals surface area contributed by atoms with Gasteiger partial charge in [-0.3, -0.25) is 4.79 Å². The van der Waals surface area contributed by atoms with Gasteiger partial charge in [0.05, 0.1) is 0 Å². The third kappa shape index (κ3) is 6.16. The SMILES string of the molecule is C[C@@H]1CCCN1CCc1ccc(-c2ccc(CCCNC(C)(C)C(=O)O)cc2)cc1. The highest BCUT2D eigenvalue weighted by molar-refractivity contribution is 5.77. The fourth-order valence-electron chi connectivity index (χ4n) is 4.09. The number of hydrogen-bond donors (Lipinski definition) is 2. The van der Waals surface area contributed by atoms with Crippen LogP contribution in [-0.4, -0.2) is 47.2 Å². The lowest BCUT2D eigenvalue weighted by Gasteiger charge is -2.20. The molecule has 2 N–H and O–H groups in total. The molecule has 0 unspecified atom stereocenters. The first-order valence-corrected chi connectivity index (χ1v) is 11.3. The normalized spacial score (nSPS) is 17.4. The van der Waals surface area contributed by atoms with Gasteiger partial charge in [-0.15, -0.1) is 0 Å². The van der Waals surface area contributed by atoms with Crippen LogP contribution in [0.3, 0.4) is 0 Å². The van der Waals surface area contributed by atoms with E-state index in [9.17, 15) is 4.79 Å². The minimum Gasteiger partial charge on any atom is -0.480 e. The second-order valence-corrected chi connectivity index (χ2v) is 9.13. The summed E-state index contributed by atoms with van der Waals surface area (Å²) in [7, 11) is 0. The van der Waals surface area contributed by atoms with Crippen LogP contribution in [-0.2, 0) is 17.6 Å². The van der Waals surface area contributed by atoms with Gasteiger partial charge in [-0.05, 0) is 88.2 Å². The molecule has 3 rings (SSSR count). The Morgan fingerprint density at radius 2 is 1.60 bits per heavy atom. The van der Waals surface area contributed by atoms with E-state index >= 15 is 0 Å². The molecule has 1 heterocycles. The van der Waals surface area contributed by atoms with E-state index in [0.29, 0.717) is 6.54 Å². The lowest BCUT2D eigenvalue weighted by Crippen LogP contribution is -2.47. The summed E-state index contributed by atoms with van der Waals surface area (Å²) in [5.74, 6) is -0.816. The Balaban J connectivity index is 1.46. The zero-order chi connectivity index (χ0) is 21.6. The van der Waals surface area contributed by atoms with Crippen molar-refractivity contribution in [1.82, 2.24) is 10.2 Å². The molecule has 30 heavy (non-hydrogen) atoms. The molecule has 0 amide bonds. The average Bonchev–Trinajstić information content (AvgIpc) is 3.15. The lowest BCUT2D eigenvalue weighted by atomic mass is 10.00. The molecule has 0 radical (unpaired) electrons. The summed E-state index contributed by atoms with van der Waals surface area (Å²) in [5.41, 5.74) is 4.31. The van der Waals surface area contributed by atoms with Crippen LogP contribution in [0.15, 0.2) is 48.5 Å². The molecule has 0 bridgehead atoms. The maximum Gasteiger partial charge on any atom is 0.323 e. The van der Waals surface area contributed by atoms with Crippen LogP contribution in [0.5, 0.6) is 0 Å². The fourth-order valence-corrected chi connectivity index (χ4v) is 4.09. The van der Waals surface area contributed by atoms with E-state index in [1.165, 1.54) is 41.6 Å². The molecule has 0 aliphatic carbocycles. The molecular formula is C26H36N2O2. The minimum atomic E-state index is -0.872. The van der Waals surface area contributed by atoms with Gasteiger partial charge < -0.3 is 15.3 Å². The predicted molar refractivity (Wildman–Crippen MR) is 124 cm³/mol. The zero-order valence-electron chi connectivity index (χ0n) is 18.7. The molecule has 4 heteroatoms. The van der Waals surface area contributed by atoms with E-state index in [1.807, 2.05) is 0 Å². The van der Waals surface area contributed by atoms with E-state index < -0.39 is 11.5 Å². The monoisotopic (exact) mass is 408 g/mol. The van der Waals surface area contributed by atoms with Gasteiger partial charge in [0.2, 0.25) is 0 Å². The Kier molecular flexibility index (Phi) is 7.68. The summed E-state index contributed by atoms with van der Waals surface area (Å²) in [5, 5.41) is 12.2. The minimum absolute atomic E-state index is 0.693. The number of rotatable bonds is 10. The van der Waals surface area contributed by atoms with Crippen molar-refractivity contribution in [2.75, 3.05) is 19.6 Å². The van der Waals surface area contributed by atoms with Gasteiger partial charge in [-0.1, -0.05) is 48.5 Å². The maximum absolute atomic E-state index is 11.1. The van der Waals surface area contributed by atoms with E-state index in [4.69, 9.17) is 5.11 Å². The average molecular weight is 409 g/mol. The first-order chi connectivity index (χ1) is 14.3. The molecule has 4 nitrogen and oxygen atoms in total. The van der Waals surface area contributed by atoms with Crippen molar-refractivity contribution >= 4 is 5.97 Å². The van der Waals surface area contributed by atoms with Gasteiger partial charge in [0.25, 0.3) is 0 Å². The first kappa shape index (κ1) is 22.5. The number of aliphatic carboxylic acids is 1. The van der Waals surface area contributed by atoms with Gasteiger partial charge in [-0.2, -0.15) is 0 Å². The Hall–Kier alpha value is -2.17. The van der Waals surface area contributed by atoms with Crippen molar-refractivity contribution < 1.29 is 9.90 Å². The van der Waals surface area contributed by atoms with Gasteiger partial charge in [0, 0.05) is 12.6 Å². The van der Waals surface area contributed by atoms with Crippen LogP contribution in [0, 0.1) is 0 Å². The Bertz CT molecular complexity index is 812. The standard InChI is InChI=1S/C26H36N2O2/c1-20-6-5-18-28(20)19-16-22-10-14-24(15-11-22)23-12-8-21(9-13-23)7-4-17-27-26(2,3)25(29)30/h8-15,20,27H,4-7,16-19H2,1-3H3,(H,29,30)/t20-/m1/s1. The number of aryl methyl sites for hydroxylation is 1. The van der Waals surface area contributed by atoms with Crippen molar-refractivity contribution in [1.29, 1.82) is 0 Å². The van der Waals surface area contributed by atoms with Gasteiger partial charge in [-0.25, -0.2) is 0 Å². The highest BCUT2D eigenvalue weighted by Gasteiger charge is 2.25. The van der Waals surface area contributed by atoms with Crippen molar-refractivity contribution in [3.63, 3.8) is 0 Å². The Morgan fingerprint density at radius 1 is 1.03 bits per heavy atom. The van der Waals surface area contributed by atoms with Crippen molar-refractivity contribution in [3.8, 4) is 11.1 Å². The van der Waals surface area contributed by atoms with Crippen LogP contribution in [0.2, 0.25) is 0 Å². The van der Waals surface area contributed by atoms with Crippen molar-refractivity contribution in [2.45, 2.75) is 64.5 Å². The second kappa shape index (κ2) is 10.2. The Morgan fingerprint density at radius 3 is 2.10 bits per heavy atom. The molecule has 2 aromatic rings. The second-order valence-electron chi connectivity index (χ2n) is 9.13. The quantitative estimate of drug-likeness (QED) is 0.556. The number of hydrogen-bond acceptors (Lipinski definition) is 3. The molecule has 162 valence electrons. The van der Waals surface area contributed by atoms with E-state index in [1.54, 1.807) is 13.8 Å². The summed E-state index contributed by atoms with van der Waals surface area (Å²) in [4.78, 5) is 13.7. The number of carbonyl (C=O) groups is 1. The molecule has 0 aromatic heterocycles. The van der Waals surface area contributed by atoms with Crippen molar-refractivity contribution in [3.05, 3.63) is 59.7 Å². The molecular weight excluding hydrogens is 372 g/mol. The van der Waals surface area contributed by atoms with Gasteiger partial charge in [0.1, 0.15) is 5.54 Å². The molecule has 1 aliphatic heterocycles.